The van der Waals surface area contributed by atoms with Crippen molar-refractivity contribution in [1.29, 1.82) is 0 Å². The zero-order chi connectivity index (χ0) is 15.3. The smallest absolute Gasteiger partial charge is 0.328 e. The number of hydrogen-bond acceptors (Lipinski definition) is 3. The van der Waals surface area contributed by atoms with Crippen molar-refractivity contribution in [3.8, 4) is 0 Å². The van der Waals surface area contributed by atoms with Crippen molar-refractivity contribution < 1.29 is 19.8 Å². The lowest BCUT2D eigenvalue weighted by molar-refractivity contribution is -0.141. The van der Waals surface area contributed by atoms with E-state index in [0.29, 0.717) is 5.69 Å². The minimum Gasteiger partial charge on any atom is -0.480 e. The van der Waals surface area contributed by atoms with Gasteiger partial charge in [0, 0.05) is 12.7 Å². The molecule has 6 heteroatoms. The number of carbonyl (C=O) groups is 2. The predicted molar refractivity (Wildman–Crippen MR) is 75.9 cm³/mol. The van der Waals surface area contributed by atoms with Crippen molar-refractivity contribution in [3.63, 3.8) is 0 Å². The summed E-state index contributed by atoms with van der Waals surface area (Å²) >= 11 is 0. The van der Waals surface area contributed by atoms with Crippen LogP contribution in [0.2, 0.25) is 0 Å². The molecule has 6 nitrogen and oxygen atoms in total. The number of nitrogens with one attached hydrogen (secondary N) is 1. The van der Waals surface area contributed by atoms with Gasteiger partial charge in [0.1, 0.15) is 0 Å². The quantitative estimate of drug-likeness (QED) is 0.756. The van der Waals surface area contributed by atoms with E-state index in [0.717, 1.165) is 12.0 Å². The van der Waals surface area contributed by atoms with Crippen LogP contribution in [0, 0.1) is 0 Å². The number of carboxylic acid groups (broad SMARTS) is 1. The largest absolute Gasteiger partial charge is 0.480 e. The second-order valence-corrected chi connectivity index (χ2v) is 4.59. The van der Waals surface area contributed by atoms with Crippen molar-refractivity contribution in [2.45, 2.75) is 32.4 Å². The Morgan fingerprint density at radius 2 is 1.85 bits per heavy atom. The van der Waals surface area contributed by atoms with Crippen LogP contribution in [-0.2, 0) is 11.2 Å². The van der Waals surface area contributed by atoms with Crippen LogP contribution in [0.25, 0.3) is 0 Å². The van der Waals surface area contributed by atoms with Gasteiger partial charge in [0.25, 0.3) is 0 Å². The number of nitrogens with zero attached hydrogens (tertiary/aromatic N) is 1. The molecule has 110 valence electrons. The number of rotatable bonds is 5. The minimum atomic E-state index is -1.33. The van der Waals surface area contributed by atoms with E-state index in [1.165, 1.54) is 18.9 Å². The average Bonchev–Trinajstić information content (AvgIpc) is 2.43. The standard InChI is InChI=1S/C14H20N2O4/c1-4-10-5-7-11(8-6-10)16(3)14(20)15-12(9(2)17)13(18)19/h5-9,12,17H,4H2,1-3H3,(H,15,20)(H,18,19). The molecule has 0 aliphatic heterocycles. The summed E-state index contributed by atoms with van der Waals surface area (Å²) in [6.07, 6.45) is -0.272. The highest BCUT2D eigenvalue weighted by Gasteiger charge is 2.26. The van der Waals surface area contributed by atoms with Crippen LogP contribution in [-0.4, -0.2) is 41.4 Å². The van der Waals surface area contributed by atoms with Gasteiger partial charge in [-0.3, -0.25) is 4.90 Å². The fourth-order valence-electron chi connectivity index (χ4n) is 1.69. The summed E-state index contributed by atoms with van der Waals surface area (Å²) in [5.74, 6) is -1.27. The molecule has 0 aliphatic carbocycles. The Kier molecular flexibility index (Phi) is 5.52. The van der Waals surface area contributed by atoms with Gasteiger partial charge in [0.2, 0.25) is 0 Å². The molecule has 0 heterocycles. The molecule has 0 aliphatic rings. The number of aliphatic hydroxyl groups excluding tert-OH is 1. The molecule has 0 aromatic heterocycles. The van der Waals surface area contributed by atoms with E-state index >= 15 is 0 Å². The van der Waals surface area contributed by atoms with Gasteiger partial charge in [0.15, 0.2) is 6.04 Å². The zero-order valence-corrected chi connectivity index (χ0v) is 11.8. The third-order valence-corrected chi connectivity index (χ3v) is 3.06. The van der Waals surface area contributed by atoms with E-state index in [-0.39, 0.29) is 0 Å². The molecule has 0 saturated heterocycles. The topological polar surface area (TPSA) is 89.9 Å². The Balaban J connectivity index is 2.77. The number of aliphatic carboxylic acids is 1. The lowest BCUT2D eigenvalue weighted by Gasteiger charge is -2.23. The van der Waals surface area contributed by atoms with Crippen LogP contribution in [0.5, 0.6) is 0 Å². The van der Waals surface area contributed by atoms with Crippen LogP contribution in [0.3, 0.4) is 0 Å². The van der Waals surface area contributed by atoms with E-state index in [2.05, 4.69) is 5.32 Å². The van der Waals surface area contributed by atoms with Gasteiger partial charge in [0.05, 0.1) is 6.10 Å². The number of aryl methyl sites for hydroxylation is 1. The summed E-state index contributed by atoms with van der Waals surface area (Å²) in [4.78, 5) is 24.2. The highest BCUT2D eigenvalue weighted by molar-refractivity contribution is 5.94. The van der Waals surface area contributed by atoms with Crippen LogP contribution < -0.4 is 10.2 Å². The van der Waals surface area contributed by atoms with Crippen molar-refractivity contribution >= 4 is 17.7 Å². The zero-order valence-electron chi connectivity index (χ0n) is 11.8. The van der Waals surface area contributed by atoms with E-state index < -0.39 is 24.1 Å². The molecule has 0 saturated carbocycles. The Morgan fingerprint density at radius 1 is 1.30 bits per heavy atom. The van der Waals surface area contributed by atoms with Crippen LogP contribution in [0.4, 0.5) is 10.5 Å². The van der Waals surface area contributed by atoms with Crippen molar-refractivity contribution in [1.82, 2.24) is 5.32 Å². The van der Waals surface area contributed by atoms with E-state index in [1.807, 2.05) is 19.1 Å². The number of carboxylic acids is 1. The van der Waals surface area contributed by atoms with E-state index in [1.54, 1.807) is 12.1 Å². The Morgan fingerprint density at radius 3 is 2.25 bits per heavy atom. The Labute approximate surface area is 118 Å². The normalized spacial score (nSPS) is 13.4. The van der Waals surface area contributed by atoms with Crippen molar-refractivity contribution in [3.05, 3.63) is 29.8 Å². The Hall–Kier alpha value is -2.08. The molecule has 0 spiro atoms. The summed E-state index contributed by atoms with van der Waals surface area (Å²) in [5.41, 5.74) is 1.80. The van der Waals surface area contributed by atoms with Crippen LogP contribution in [0.1, 0.15) is 19.4 Å². The molecule has 2 atom stereocenters. The first-order valence-corrected chi connectivity index (χ1v) is 6.40. The lowest BCUT2D eigenvalue weighted by atomic mass is 10.1. The lowest BCUT2D eigenvalue weighted by Crippen LogP contribution is -2.51. The molecule has 2 amide bonds. The fraction of sp³-hybridized carbons (Fsp3) is 0.429. The minimum absolute atomic E-state index is 0.581. The third-order valence-electron chi connectivity index (χ3n) is 3.06. The summed E-state index contributed by atoms with van der Waals surface area (Å²) < 4.78 is 0. The van der Waals surface area contributed by atoms with Gasteiger partial charge < -0.3 is 15.5 Å². The van der Waals surface area contributed by atoms with Crippen molar-refractivity contribution in [2.24, 2.45) is 0 Å². The number of aliphatic hydroxyl groups is 1. The molecule has 0 radical (unpaired) electrons. The van der Waals surface area contributed by atoms with Gasteiger partial charge >= 0.3 is 12.0 Å². The molecule has 0 bridgehead atoms. The molecule has 0 fully saturated rings. The maximum absolute atomic E-state index is 12.0. The van der Waals surface area contributed by atoms with E-state index in [4.69, 9.17) is 5.11 Å². The first kappa shape index (κ1) is 16.0. The summed E-state index contributed by atoms with van der Waals surface area (Å²) in [5, 5.41) is 20.5. The number of amides is 2. The average molecular weight is 280 g/mol. The maximum Gasteiger partial charge on any atom is 0.328 e. The number of carbonyl (C=O) groups excluding carboxylic acids is 1. The molecule has 2 unspecified atom stereocenters. The number of benzene rings is 1. The molecule has 20 heavy (non-hydrogen) atoms. The molecule has 1 aromatic carbocycles. The highest BCUT2D eigenvalue weighted by atomic mass is 16.4. The van der Waals surface area contributed by atoms with Crippen LogP contribution >= 0.6 is 0 Å². The van der Waals surface area contributed by atoms with Gasteiger partial charge in [-0.1, -0.05) is 19.1 Å². The molecule has 3 N–H and O–H groups in total. The first-order valence-electron chi connectivity index (χ1n) is 6.40. The number of urea groups is 1. The van der Waals surface area contributed by atoms with Crippen molar-refractivity contribution in [2.75, 3.05) is 11.9 Å². The van der Waals surface area contributed by atoms with Gasteiger partial charge in [-0.15, -0.1) is 0 Å². The number of anilines is 1. The highest BCUT2D eigenvalue weighted by Crippen LogP contribution is 2.14. The summed E-state index contributed by atoms with van der Waals surface area (Å²) in [6, 6.07) is 5.47. The maximum atomic E-state index is 12.0. The summed E-state index contributed by atoms with van der Waals surface area (Å²) in [7, 11) is 1.54. The molecular formula is C14H20N2O4. The molecule has 1 rings (SSSR count). The molecule has 1 aromatic rings. The van der Waals surface area contributed by atoms with E-state index in [9.17, 15) is 14.7 Å². The van der Waals surface area contributed by atoms with Gasteiger partial charge in [-0.25, -0.2) is 9.59 Å². The Bertz CT molecular complexity index is 471. The third kappa shape index (κ3) is 3.96. The second kappa shape index (κ2) is 6.91. The number of hydrogen-bond donors (Lipinski definition) is 3. The fourth-order valence-corrected chi connectivity index (χ4v) is 1.69. The first-order chi connectivity index (χ1) is 9.36. The monoisotopic (exact) mass is 280 g/mol. The van der Waals surface area contributed by atoms with Gasteiger partial charge in [-0.05, 0) is 31.0 Å². The predicted octanol–water partition coefficient (Wildman–Crippen LogP) is 1.23. The van der Waals surface area contributed by atoms with Crippen LogP contribution in [0.15, 0.2) is 24.3 Å². The summed E-state index contributed by atoms with van der Waals surface area (Å²) in [6.45, 7) is 3.35. The second-order valence-electron chi connectivity index (χ2n) is 4.59. The SMILES string of the molecule is CCc1ccc(N(C)C(=O)NC(C(=O)O)C(C)O)cc1. The molecular weight excluding hydrogens is 260 g/mol. The van der Waals surface area contributed by atoms with Gasteiger partial charge in [-0.2, -0.15) is 0 Å².